The molecule has 24 heavy (non-hydrogen) atoms. The molecule has 1 fully saturated rings. The number of aryl methyl sites for hydroxylation is 1. The number of para-hydroxylation sites is 1. The number of anilines is 1. The number of rotatable bonds is 3. The van der Waals surface area contributed by atoms with E-state index in [-0.39, 0.29) is 17.6 Å². The molecule has 1 N–H and O–H groups in total. The minimum atomic E-state index is -0.498. The van der Waals surface area contributed by atoms with Gasteiger partial charge >= 0.3 is 0 Å². The van der Waals surface area contributed by atoms with E-state index >= 15 is 0 Å². The van der Waals surface area contributed by atoms with E-state index in [0.717, 1.165) is 17.7 Å². The Morgan fingerprint density at radius 1 is 1.12 bits per heavy atom. The Morgan fingerprint density at radius 3 is 2.54 bits per heavy atom. The number of likely N-dealkylation sites (tertiary alicyclic amines) is 1. The zero-order chi connectivity index (χ0) is 17.1. The number of halogens is 1. The Kier molecular flexibility index (Phi) is 4.60. The summed E-state index contributed by atoms with van der Waals surface area (Å²) in [6.45, 7) is 2.45. The third-order valence-electron chi connectivity index (χ3n) is 4.31. The second-order valence-electron chi connectivity index (χ2n) is 5.97. The largest absolute Gasteiger partial charge is 0.327 e. The first-order chi connectivity index (χ1) is 11.6. The number of hydrogen-bond donors (Lipinski definition) is 1. The predicted molar refractivity (Wildman–Crippen MR) is 90.3 cm³/mol. The van der Waals surface area contributed by atoms with Crippen molar-refractivity contribution in [1.29, 1.82) is 0 Å². The summed E-state index contributed by atoms with van der Waals surface area (Å²) in [5.74, 6) is -0.809. The van der Waals surface area contributed by atoms with Crippen LogP contribution in [0.1, 0.15) is 28.8 Å². The molecule has 4 nitrogen and oxygen atoms in total. The summed E-state index contributed by atoms with van der Waals surface area (Å²) in [5.41, 5.74) is 2.12. The van der Waals surface area contributed by atoms with E-state index in [2.05, 4.69) is 5.32 Å². The number of amides is 2. The first kappa shape index (κ1) is 16.2. The average molecular weight is 326 g/mol. The molecule has 0 aliphatic carbocycles. The number of benzene rings is 2. The maximum atomic E-state index is 13.0. The van der Waals surface area contributed by atoms with Gasteiger partial charge < -0.3 is 10.2 Å². The summed E-state index contributed by atoms with van der Waals surface area (Å²) >= 11 is 0. The van der Waals surface area contributed by atoms with Crippen LogP contribution in [-0.4, -0.2) is 29.3 Å². The lowest BCUT2D eigenvalue weighted by atomic mass is 10.1. The molecule has 2 aromatic carbocycles. The predicted octanol–water partition coefficient (Wildman–Crippen LogP) is 3.38. The van der Waals surface area contributed by atoms with Gasteiger partial charge in [0.1, 0.15) is 11.9 Å². The summed E-state index contributed by atoms with van der Waals surface area (Å²) in [4.78, 5) is 26.8. The van der Waals surface area contributed by atoms with Crippen molar-refractivity contribution >= 4 is 17.5 Å². The quantitative estimate of drug-likeness (QED) is 0.940. The molecule has 0 spiro atoms. The third kappa shape index (κ3) is 3.30. The lowest BCUT2D eigenvalue weighted by Crippen LogP contribution is -2.43. The van der Waals surface area contributed by atoms with Crippen molar-refractivity contribution in [3.63, 3.8) is 0 Å². The highest BCUT2D eigenvalue weighted by atomic mass is 19.1. The molecule has 5 heteroatoms. The normalized spacial score (nSPS) is 16.9. The lowest BCUT2D eigenvalue weighted by molar-refractivity contribution is -0.119. The van der Waals surface area contributed by atoms with Crippen LogP contribution in [-0.2, 0) is 4.79 Å². The van der Waals surface area contributed by atoms with Crippen LogP contribution in [0.15, 0.2) is 48.5 Å². The minimum absolute atomic E-state index is 0.183. The zero-order valence-corrected chi connectivity index (χ0v) is 13.5. The third-order valence-corrected chi connectivity index (χ3v) is 4.31. The molecule has 1 saturated heterocycles. The summed E-state index contributed by atoms with van der Waals surface area (Å²) in [6, 6.07) is 12.4. The fourth-order valence-corrected chi connectivity index (χ4v) is 2.97. The molecular formula is C19H19FN2O2. The first-order valence-corrected chi connectivity index (χ1v) is 7.99. The van der Waals surface area contributed by atoms with Gasteiger partial charge in [0.2, 0.25) is 5.91 Å². The fourth-order valence-electron chi connectivity index (χ4n) is 2.97. The molecule has 0 radical (unpaired) electrons. The number of nitrogens with one attached hydrogen (secondary N) is 1. The summed E-state index contributed by atoms with van der Waals surface area (Å²) in [5, 5.41) is 2.90. The SMILES string of the molecule is Cc1ccccc1NC(=O)[C@@H]1CCCN1C(=O)c1ccc(F)cc1. The van der Waals surface area contributed by atoms with Crippen LogP contribution in [0.25, 0.3) is 0 Å². The van der Waals surface area contributed by atoms with Crippen LogP contribution in [0.4, 0.5) is 10.1 Å². The van der Waals surface area contributed by atoms with Gasteiger partial charge in [0, 0.05) is 17.8 Å². The second-order valence-corrected chi connectivity index (χ2v) is 5.97. The Balaban J connectivity index is 1.75. The Labute approximate surface area is 140 Å². The van der Waals surface area contributed by atoms with Gasteiger partial charge in [-0.2, -0.15) is 0 Å². The van der Waals surface area contributed by atoms with E-state index in [4.69, 9.17) is 0 Å². The van der Waals surface area contributed by atoms with Crippen LogP contribution in [0.5, 0.6) is 0 Å². The Hall–Kier alpha value is -2.69. The number of nitrogens with zero attached hydrogens (tertiary/aromatic N) is 1. The standard InChI is InChI=1S/C19H19FN2O2/c1-13-5-2-3-6-16(13)21-18(23)17-7-4-12-22(17)19(24)14-8-10-15(20)11-9-14/h2-3,5-6,8-11,17H,4,7,12H2,1H3,(H,21,23)/t17-/m0/s1. The summed E-state index contributed by atoms with van der Waals surface area (Å²) in [6.07, 6.45) is 1.41. The maximum absolute atomic E-state index is 13.0. The van der Waals surface area contributed by atoms with Gasteiger partial charge in [-0.05, 0) is 55.7 Å². The molecule has 0 saturated carbocycles. The van der Waals surface area contributed by atoms with Crippen LogP contribution >= 0.6 is 0 Å². The van der Waals surface area contributed by atoms with Crippen molar-refractivity contribution in [2.45, 2.75) is 25.8 Å². The molecule has 0 unspecified atom stereocenters. The molecular weight excluding hydrogens is 307 g/mol. The van der Waals surface area contributed by atoms with E-state index < -0.39 is 6.04 Å². The van der Waals surface area contributed by atoms with Gasteiger partial charge in [0.25, 0.3) is 5.91 Å². The van der Waals surface area contributed by atoms with Crippen LogP contribution in [0, 0.1) is 12.7 Å². The number of hydrogen-bond acceptors (Lipinski definition) is 2. The van der Waals surface area contributed by atoms with E-state index in [1.165, 1.54) is 24.3 Å². The van der Waals surface area contributed by atoms with Gasteiger partial charge in [-0.15, -0.1) is 0 Å². The highest BCUT2D eigenvalue weighted by Gasteiger charge is 2.34. The molecule has 0 bridgehead atoms. The van der Waals surface area contributed by atoms with E-state index in [1.54, 1.807) is 4.90 Å². The number of carbonyl (C=O) groups excluding carboxylic acids is 2. The van der Waals surface area contributed by atoms with Crippen molar-refractivity contribution in [3.8, 4) is 0 Å². The van der Waals surface area contributed by atoms with Crippen LogP contribution < -0.4 is 5.32 Å². The van der Waals surface area contributed by atoms with Crippen molar-refractivity contribution in [1.82, 2.24) is 4.90 Å². The molecule has 1 aliphatic heterocycles. The number of carbonyl (C=O) groups is 2. The lowest BCUT2D eigenvalue weighted by Gasteiger charge is -2.24. The molecule has 1 atom stereocenters. The monoisotopic (exact) mass is 326 g/mol. The van der Waals surface area contributed by atoms with E-state index in [1.807, 2.05) is 31.2 Å². The first-order valence-electron chi connectivity index (χ1n) is 7.99. The maximum Gasteiger partial charge on any atom is 0.254 e. The van der Waals surface area contributed by atoms with Gasteiger partial charge in [-0.3, -0.25) is 9.59 Å². The van der Waals surface area contributed by atoms with E-state index in [9.17, 15) is 14.0 Å². The molecule has 0 aromatic heterocycles. The van der Waals surface area contributed by atoms with Gasteiger partial charge in [0.15, 0.2) is 0 Å². The second kappa shape index (κ2) is 6.83. The minimum Gasteiger partial charge on any atom is -0.327 e. The topological polar surface area (TPSA) is 49.4 Å². The van der Waals surface area contributed by atoms with Crippen molar-refractivity contribution in [3.05, 3.63) is 65.5 Å². The smallest absolute Gasteiger partial charge is 0.254 e. The van der Waals surface area contributed by atoms with Crippen LogP contribution in [0.2, 0.25) is 0 Å². The van der Waals surface area contributed by atoms with Crippen molar-refractivity contribution < 1.29 is 14.0 Å². The molecule has 2 aromatic rings. The van der Waals surface area contributed by atoms with Crippen LogP contribution in [0.3, 0.4) is 0 Å². The Bertz CT molecular complexity index is 758. The molecule has 2 amide bonds. The molecule has 3 rings (SSSR count). The molecule has 1 aliphatic rings. The van der Waals surface area contributed by atoms with Gasteiger partial charge in [0.05, 0.1) is 0 Å². The van der Waals surface area contributed by atoms with Crippen molar-refractivity contribution in [2.24, 2.45) is 0 Å². The highest BCUT2D eigenvalue weighted by Crippen LogP contribution is 2.23. The molecule has 124 valence electrons. The average Bonchev–Trinajstić information content (AvgIpc) is 3.07. The van der Waals surface area contributed by atoms with Gasteiger partial charge in [-0.25, -0.2) is 4.39 Å². The van der Waals surface area contributed by atoms with E-state index in [0.29, 0.717) is 18.5 Å². The molecule has 1 heterocycles. The van der Waals surface area contributed by atoms with Gasteiger partial charge in [-0.1, -0.05) is 18.2 Å². The summed E-state index contributed by atoms with van der Waals surface area (Å²) < 4.78 is 13.0. The fraction of sp³-hybridized carbons (Fsp3) is 0.263. The van der Waals surface area contributed by atoms with Crippen molar-refractivity contribution in [2.75, 3.05) is 11.9 Å². The zero-order valence-electron chi connectivity index (χ0n) is 13.5. The Morgan fingerprint density at radius 2 is 1.83 bits per heavy atom. The highest BCUT2D eigenvalue weighted by molar-refractivity contribution is 6.01. The summed E-state index contributed by atoms with van der Waals surface area (Å²) in [7, 11) is 0.